The van der Waals surface area contributed by atoms with E-state index in [4.69, 9.17) is 25.8 Å². The summed E-state index contributed by atoms with van der Waals surface area (Å²) in [6, 6.07) is 12.3. The van der Waals surface area contributed by atoms with E-state index in [1.165, 1.54) is 7.11 Å². The minimum Gasteiger partial charge on any atom is -0.468 e. The molecule has 5 rings (SSSR count). The largest absolute Gasteiger partial charge is 0.468 e. The smallest absolute Gasteiger partial charge is 0.323 e. The van der Waals surface area contributed by atoms with Crippen LogP contribution in [0.1, 0.15) is 27.7 Å². The van der Waals surface area contributed by atoms with E-state index < -0.39 is 12.1 Å². The Morgan fingerprint density at radius 3 is 2.80 bits per heavy atom. The van der Waals surface area contributed by atoms with Crippen molar-refractivity contribution in [2.24, 2.45) is 0 Å². The number of halogens is 1. The molecule has 3 heterocycles. The van der Waals surface area contributed by atoms with Gasteiger partial charge in [0.15, 0.2) is 11.5 Å². The zero-order valence-electron chi connectivity index (χ0n) is 16.2. The number of fused-ring (bicyclic) bond motifs is 4. The van der Waals surface area contributed by atoms with E-state index in [-0.39, 0.29) is 24.5 Å². The first kappa shape index (κ1) is 19.0. The molecule has 0 bridgehead atoms. The lowest BCUT2D eigenvalue weighted by molar-refractivity contribution is -0.143. The van der Waals surface area contributed by atoms with Crippen LogP contribution in [0.25, 0.3) is 10.9 Å². The average Bonchev–Trinajstić information content (AvgIpc) is 3.39. The van der Waals surface area contributed by atoms with Gasteiger partial charge < -0.3 is 14.2 Å². The fraction of sp³-hybridized carbons (Fsp3) is 0.273. The lowest BCUT2D eigenvalue weighted by Crippen LogP contribution is -2.46. The summed E-state index contributed by atoms with van der Waals surface area (Å²) in [5.41, 5.74) is 3.33. The van der Waals surface area contributed by atoms with Crippen molar-refractivity contribution in [1.29, 1.82) is 0 Å². The number of esters is 1. The molecule has 30 heavy (non-hydrogen) atoms. The maximum absolute atomic E-state index is 12.9. The molecule has 1 N–H and O–H groups in total. The van der Waals surface area contributed by atoms with Crippen LogP contribution in [-0.2, 0) is 16.0 Å². The van der Waals surface area contributed by atoms with E-state index in [1.807, 2.05) is 42.5 Å². The zero-order valence-corrected chi connectivity index (χ0v) is 16.9. The summed E-state index contributed by atoms with van der Waals surface area (Å²) in [6.45, 7) is 0.165. The molecule has 1 aromatic heterocycles. The standard InChI is InChI=1S/C22H19ClN2O5/c1-28-22(27)15-9-14-13-4-2-3-5-16(13)25(19(26)10-23)21(14)20(24-15)12-6-7-17-18(8-12)30-11-29-17/h2-8,15,20,24H,9-11H2,1H3. The third-order valence-electron chi connectivity index (χ3n) is 5.65. The second kappa shape index (κ2) is 7.34. The Kier molecular flexibility index (Phi) is 4.64. The molecule has 0 spiro atoms. The first-order chi connectivity index (χ1) is 14.6. The zero-order chi connectivity index (χ0) is 20.8. The van der Waals surface area contributed by atoms with Crippen LogP contribution in [-0.4, -0.2) is 42.3 Å². The Bertz CT molecular complexity index is 1170. The van der Waals surface area contributed by atoms with Crippen LogP contribution in [0.15, 0.2) is 42.5 Å². The minimum atomic E-state index is -0.553. The molecule has 2 atom stereocenters. The van der Waals surface area contributed by atoms with Gasteiger partial charge in [0, 0.05) is 11.8 Å². The van der Waals surface area contributed by atoms with Crippen LogP contribution in [0.4, 0.5) is 0 Å². The number of aromatic nitrogens is 1. The number of hydrogen-bond acceptors (Lipinski definition) is 6. The number of hydrogen-bond donors (Lipinski definition) is 1. The molecule has 0 aliphatic carbocycles. The highest BCUT2D eigenvalue weighted by Crippen LogP contribution is 2.41. The SMILES string of the molecule is COC(=O)C1Cc2c(n(C(=O)CCl)c3ccccc23)C(c2ccc3c(c2)OCO3)N1. The molecule has 154 valence electrons. The van der Waals surface area contributed by atoms with Gasteiger partial charge in [0.1, 0.15) is 11.9 Å². The van der Waals surface area contributed by atoms with Crippen LogP contribution < -0.4 is 14.8 Å². The number of rotatable bonds is 3. The number of alkyl halides is 1. The molecule has 8 heteroatoms. The summed E-state index contributed by atoms with van der Waals surface area (Å²) >= 11 is 5.96. The van der Waals surface area contributed by atoms with Crippen molar-refractivity contribution in [3.63, 3.8) is 0 Å². The number of carbonyl (C=O) groups is 2. The fourth-order valence-corrected chi connectivity index (χ4v) is 4.48. The summed E-state index contributed by atoms with van der Waals surface area (Å²) in [5, 5.41) is 4.28. The molecule has 2 aromatic carbocycles. The van der Waals surface area contributed by atoms with Gasteiger partial charge in [-0.15, -0.1) is 11.6 Å². The molecule has 2 aliphatic rings. The van der Waals surface area contributed by atoms with E-state index in [2.05, 4.69) is 5.32 Å². The number of nitrogens with one attached hydrogen (secondary N) is 1. The molecule has 0 amide bonds. The third kappa shape index (κ3) is 2.85. The summed E-state index contributed by atoms with van der Waals surface area (Å²) < 4.78 is 17.6. The lowest BCUT2D eigenvalue weighted by atomic mass is 9.90. The second-order valence-corrected chi connectivity index (χ2v) is 7.50. The summed E-state index contributed by atoms with van der Waals surface area (Å²) in [4.78, 5) is 25.3. The van der Waals surface area contributed by atoms with Crippen LogP contribution in [0.5, 0.6) is 11.5 Å². The molecule has 2 unspecified atom stereocenters. The summed E-state index contributed by atoms with van der Waals surface area (Å²) in [6.07, 6.45) is 0.409. The van der Waals surface area contributed by atoms with Gasteiger partial charge in [-0.2, -0.15) is 0 Å². The van der Waals surface area contributed by atoms with E-state index in [1.54, 1.807) is 4.57 Å². The van der Waals surface area contributed by atoms with Gasteiger partial charge in [-0.1, -0.05) is 24.3 Å². The fourth-order valence-electron chi connectivity index (χ4n) is 4.36. The highest BCUT2D eigenvalue weighted by atomic mass is 35.5. The van der Waals surface area contributed by atoms with Crippen molar-refractivity contribution in [3.8, 4) is 11.5 Å². The van der Waals surface area contributed by atoms with E-state index >= 15 is 0 Å². The Labute approximate surface area is 177 Å². The molecular formula is C22H19ClN2O5. The van der Waals surface area contributed by atoms with E-state index in [0.29, 0.717) is 17.9 Å². The van der Waals surface area contributed by atoms with Crippen molar-refractivity contribution in [1.82, 2.24) is 9.88 Å². The lowest BCUT2D eigenvalue weighted by Gasteiger charge is -2.31. The molecular weight excluding hydrogens is 408 g/mol. The molecule has 7 nitrogen and oxygen atoms in total. The molecule has 0 fully saturated rings. The van der Waals surface area contributed by atoms with Crippen LogP contribution in [0.3, 0.4) is 0 Å². The Hall–Kier alpha value is -3.03. The summed E-state index contributed by atoms with van der Waals surface area (Å²) in [7, 11) is 1.37. The van der Waals surface area contributed by atoms with Gasteiger partial charge in [-0.25, -0.2) is 0 Å². The molecule has 0 saturated heterocycles. The van der Waals surface area contributed by atoms with Crippen LogP contribution >= 0.6 is 11.6 Å². The van der Waals surface area contributed by atoms with Gasteiger partial charge in [0.05, 0.1) is 24.4 Å². The minimum absolute atomic E-state index is 0.153. The number of benzene rings is 2. The first-order valence-corrected chi connectivity index (χ1v) is 10.1. The van der Waals surface area contributed by atoms with Gasteiger partial charge in [0.2, 0.25) is 12.7 Å². The predicted octanol–water partition coefficient (Wildman–Crippen LogP) is 3.03. The number of carbonyl (C=O) groups excluding carboxylic acids is 2. The Balaban J connectivity index is 1.75. The highest BCUT2D eigenvalue weighted by molar-refractivity contribution is 6.28. The van der Waals surface area contributed by atoms with Crippen molar-refractivity contribution in [2.75, 3.05) is 19.8 Å². The summed E-state index contributed by atoms with van der Waals surface area (Å²) in [5.74, 6) is 0.559. The topological polar surface area (TPSA) is 78.8 Å². The Morgan fingerprint density at radius 2 is 2.00 bits per heavy atom. The van der Waals surface area contributed by atoms with Gasteiger partial charge in [-0.05, 0) is 29.3 Å². The molecule has 2 aliphatic heterocycles. The number of nitrogens with zero attached hydrogens (tertiary/aromatic N) is 1. The quantitative estimate of drug-likeness (QED) is 0.512. The normalized spacial score (nSPS) is 19.5. The molecule has 0 radical (unpaired) electrons. The van der Waals surface area contributed by atoms with Crippen molar-refractivity contribution in [3.05, 3.63) is 59.3 Å². The first-order valence-electron chi connectivity index (χ1n) is 9.57. The van der Waals surface area contributed by atoms with E-state index in [9.17, 15) is 9.59 Å². The number of ether oxygens (including phenoxy) is 3. The van der Waals surface area contributed by atoms with Crippen LogP contribution in [0, 0.1) is 0 Å². The maximum Gasteiger partial charge on any atom is 0.323 e. The molecule has 0 saturated carbocycles. The van der Waals surface area contributed by atoms with Gasteiger partial charge >= 0.3 is 5.97 Å². The van der Waals surface area contributed by atoms with Gasteiger partial charge in [0.25, 0.3) is 0 Å². The van der Waals surface area contributed by atoms with Crippen molar-refractivity contribution in [2.45, 2.75) is 18.5 Å². The van der Waals surface area contributed by atoms with Crippen molar-refractivity contribution < 1.29 is 23.8 Å². The third-order valence-corrected chi connectivity index (χ3v) is 5.88. The van der Waals surface area contributed by atoms with E-state index in [0.717, 1.165) is 27.7 Å². The second-order valence-electron chi connectivity index (χ2n) is 7.24. The Morgan fingerprint density at radius 1 is 1.20 bits per heavy atom. The van der Waals surface area contributed by atoms with Crippen LogP contribution in [0.2, 0.25) is 0 Å². The monoisotopic (exact) mass is 426 g/mol. The molecule has 3 aromatic rings. The number of methoxy groups -OCH3 is 1. The maximum atomic E-state index is 12.9. The predicted molar refractivity (Wildman–Crippen MR) is 110 cm³/mol. The number of para-hydroxylation sites is 1. The van der Waals surface area contributed by atoms with Crippen molar-refractivity contribution >= 4 is 34.4 Å². The highest BCUT2D eigenvalue weighted by Gasteiger charge is 2.38. The average molecular weight is 427 g/mol. The van der Waals surface area contributed by atoms with Gasteiger partial charge in [-0.3, -0.25) is 19.5 Å².